The number of nitrogens with one attached hydrogen (secondary N) is 1. The van der Waals surface area contributed by atoms with E-state index >= 15 is 0 Å². The van der Waals surface area contributed by atoms with Crippen molar-refractivity contribution in [2.45, 2.75) is 13.3 Å². The van der Waals surface area contributed by atoms with E-state index in [0.29, 0.717) is 11.4 Å². The largest absolute Gasteiger partial charge is 0.372 e. The molecule has 0 atom stereocenters. The van der Waals surface area contributed by atoms with Gasteiger partial charge in [0, 0.05) is 26.8 Å². The molecule has 0 bridgehead atoms. The Hall–Kier alpha value is -1.58. The topological polar surface area (TPSA) is 45.2 Å². The Bertz CT molecular complexity index is 338. The average molecular weight is 207 g/mol. The van der Waals surface area contributed by atoms with Crippen LogP contribution in [0.15, 0.2) is 18.3 Å². The summed E-state index contributed by atoms with van der Waals surface area (Å²) in [6.07, 6.45) is 2.62. The molecule has 1 heterocycles. The maximum atomic E-state index is 12.0. The molecule has 0 aliphatic heterocycles. The van der Waals surface area contributed by atoms with E-state index in [-0.39, 0.29) is 5.91 Å². The van der Waals surface area contributed by atoms with Gasteiger partial charge < -0.3 is 10.2 Å². The van der Waals surface area contributed by atoms with Crippen molar-refractivity contribution < 1.29 is 4.79 Å². The van der Waals surface area contributed by atoms with Crippen molar-refractivity contribution in [1.29, 1.82) is 0 Å². The molecular formula is C11H17N3O. The minimum Gasteiger partial charge on any atom is -0.372 e. The van der Waals surface area contributed by atoms with E-state index in [0.717, 1.165) is 13.0 Å². The van der Waals surface area contributed by atoms with Crippen LogP contribution in [0.2, 0.25) is 0 Å². The fourth-order valence-corrected chi connectivity index (χ4v) is 1.42. The van der Waals surface area contributed by atoms with Crippen LogP contribution >= 0.6 is 0 Å². The Morgan fingerprint density at radius 1 is 1.60 bits per heavy atom. The molecule has 0 unspecified atom stereocenters. The van der Waals surface area contributed by atoms with Crippen molar-refractivity contribution in [3.8, 4) is 0 Å². The zero-order valence-corrected chi connectivity index (χ0v) is 9.45. The molecule has 1 amide bonds. The van der Waals surface area contributed by atoms with E-state index < -0.39 is 0 Å². The summed E-state index contributed by atoms with van der Waals surface area (Å²) in [4.78, 5) is 17.8. The molecule has 0 aliphatic rings. The molecule has 15 heavy (non-hydrogen) atoms. The number of aromatic nitrogens is 1. The monoisotopic (exact) mass is 207 g/mol. The molecule has 1 aromatic rings. The molecule has 0 aromatic carbocycles. The van der Waals surface area contributed by atoms with E-state index in [1.165, 1.54) is 0 Å². The van der Waals surface area contributed by atoms with Crippen LogP contribution in [0.25, 0.3) is 0 Å². The van der Waals surface area contributed by atoms with Crippen LogP contribution in [0.3, 0.4) is 0 Å². The fraction of sp³-hybridized carbons (Fsp3) is 0.455. The quantitative estimate of drug-likeness (QED) is 0.815. The lowest BCUT2D eigenvalue weighted by molar-refractivity contribution is 0.0796. The van der Waals surface area contributed by atoms with Crippen molar-refractivity contribution in [2.24, 2.45) is 0 Å². The SMILES string of the molecule is CCCN(C)C(=O)c1cccnc1NC. The van der Waals surface area contributed by atoms with Gasteiger partial charge in [-0.1, -0.05) is 6.92 Å². The first-order valence-corrected chi connectivity index (χ1v) is 5.09. The zero-order chi connectivity index (χ0) is 11.3. The van der Waals surface area contributed by atoms with Crippen molar-refractivity contribution in [1.82, 2.24) is 9.88 Å². The second kappa shape index (κ2) is 5.34. The number of hydrogen-bond donors (Lipinski definition) is 1. The van der Waals surface area contributed by atoms with Gasteiger partial charge in [0.1, 0.15) is 5.82 Å². The number of amides is 1. The first-order chi connectivity index (χ1) is 7.20. The average Bonchev–Trinajstić information content (AvgIpc) is 2.28. The minimum atomic E-state index is 0.00861. The van der Waals surface area contributed by atoms with Gasteiger partial charge in [0.05, 0.1) is 5.56 Å². The molecule has 0 saturated carbocycles. The van der Waals surface area contributed by atoms with E-state index in [9.17, 15) is 4.79 Å². The van der Waals surface area contributed by atoms with Crippen LogP contribution in [0, 0.1) is 0 Å². The zero-order valence-electron chi connectivity index (χ0n) is 9.45. The van der Waals surface area contributed by atoms with Crippen LogP contribution in [0.5, 0.6) is 0 Å². The molecule has 0 spiro atoms. The van der Waals surface area contributed by atoms with Crippen LogP contribution in [0.4, 0.5) is 5.82 Å². The second-order valence-corrected chi connectivity index (χ2v) is 3.38. The molecule has 1 N–H and O–H groups in total. The van der Waals surface area contributed by atoms with E-state index in [2.05, 4.69) is 10.3 Å². The van der Waals surface area contributed by atoms with E-state index in [1.807, 2.05) is 6.92 Å². The molecular weight excluding hydrogens is 190 g/mol. The normalized spacial score (nSPS) is 9.80. The fourth-order valence-electron chi connectivity index (χ4n) is 1.42. The molecule has 1 rings (SSSR count). The predicted octanol–water partition coefficient (Wildman–Crippen LogP) is 1.61. The van der Waals surface area contributed by atoms with Gasteiger partial charge in [0.2, 0.25) is 0 Å². The van der Waals surface area contributed by atoms with Crippen molar-refractivity contribution >= 4 is 11.7 Å². The third kappa shape index (κ3) is 2.68. The first kappa shape index (κ1) is 11.5. The number of anilines is 1. The lowest BCUT2D eigenvalue weighted by atomic mass is 10.2. The third-order valence-corrected chi connectivity index (χ3v) is 2.18. The maximum absolute atomic E-state index is 12.0. The third-order valence-electron chi connectivity index (χ3n) is 2.18. The molecule has 1 aromatic heterocycles. The highest BCUT2D eigenvalue weighted by Gasteiger charge is 2.14. The van der Waals surface area contributed by atoms with Gasteiger partial charge >= 0.3 is 0 Å². The maximum Gasteiger partial charge on any atom is 0.257 e. The highest BCUT2D eigenvalue weighted by molar-refractivity contribution is 5.98. The predicted molar refractivity (Wildman–Crippen MR) is 61.0 cm³/mol. The summed E-state index contributed by atoms with van der Waals surface area (Å²) in [5, 5.41) is 2.91. The molecule has 4 nitrogen and oxygen atoms in total. The van der Waals surface area contributed by atoms with Crippen molar-refractivity contribution in [3.05, 3.63) is 23.9 Å². The number of carbonyl (C=O) groups excluding carboxylic acids is 1. The molecule has 0 aliphatic carbocycles. The minimum absolute atomic E-state index is 0.00861. The Morgan fingerprint density at radius 2 is 2.33 bits per heavy atom. The van der Waals surface area contributed by atoms with Gasteiger partial charge in [-0.25, -0.2) is 4.98 Å². The van der Waals surface area contributed by atoms with E-state index in [1.54, 1.807) is 37.3 Å². The Kier molecular flexibility index (Phi) is 4.09. The van der Waals surface area contributed by atoms with Gasteiger partial charge in [-0.3, -0.25) is 4.79 Å². The summed E-state index contributed by atoms with van der Waals surface area (Å²) in [7, 11) is 3.57. The van der Waals surface area contributed by atoms with Gasteiger partial charge in [-0.05, 0) is 18.6 Å². The lowest BCUT2D eigenvalue weighted by Crippen LogP contribution is -2.28. The highest BCUT2D eigenvalue weighted by Crippen LogP contribution is 2.12. The number of carbonyl (C=O) groups is 1. The van der Waals surface area contributed by atoms with Crippen molar-refractivity contribution in [2.75, 3.05) is 26.0 Å². The molecule has 82 valence electrons. The standard InChI is InChI=1S/C11H17N3O/c1-4-8-14(3)11(15)9-6-5-7-13-10(9)12-2/h5-7H,4,8H2,1-3H3,(H,12,13). The van der Waals surface area contributed by atoms with Gasteiger partial charge in [-0.15, -0.1) is 0 Å². The number of nitrogens with zero attached hydrogens (tertiary/aromatic N) is 2. The summed E-state index contributed by atoms with van der Waals surface area (Å²) < 4.78 is 0. The Balaban J connectivity index is 2.90. The van der Waals surface area contributed by atoms with Crippen LogP contribution in [-0.2, 0) is 0 Å². The van der Waals surface area contributed by atoms with Gasteiger partial charge in [0.25, 0.3) is 5.91 Å². The summed E-state index contributed by atoms with van der Waals surface area (Å²) >= 11 is 0. The highest BCUT2D eigenvalue weighted by atomic mass is 16.2. The molecule has 4 heteroatoms. The first-order valence-electron chi connectivity index (χ1n) is 5.09. The number of pyridine rings is 1. The summed E-state index contributed by atoms with van der Waals surface area (Å²) in [5.74, 6) is 0.639. The number of hydrogen-bond acceptors (Lipinski definition) is 3. The van der Waals surface area contributed by atoms with E-state index in [4.69, 9.17) is 0 Å². The van der Waals surface area contributed by atoms with Crippen LogP contribution < -0.4 is 5.32 Å². The summed E-state index contributed by atoms with van der Waals surface area (Å²) in [5.41, 5.74) is 0.621. The lowest BCUT2D eigenvalue weighted by Gasteiger charge is -2.17. The van der Waals surface area contributed by atoms with Gasteiger partial charge in [0.15, 0.2) is 0 Å². The van der Waals surface area contributed by atoms with Crippen LogP contribution in [-0.4, -0.2) is 36.4 Å². The Morgan fingerprint density at radius 3 is 2.93 bits per heavy atom. The summed E-state index contributed by atoms with van der Waals surface area (Å²) in [6, 6.07) is 3.56. The van der Waals surface area contributed by atoms with Crippen molar-refractivity contribution in [3.63, 3.8) is 0 Å². The molecule has 0 fully saturated rings. The second-order valence-electron chi connectivity index (χ2n) is 3.38. The van der Waals surface area contributed by atoms with Gasteiger partial charge in [-0.2, -0.15) is 0 Å². The molecule has 0 saturated heterocycles. The smallest absolute Gasteiger partial charge is 0.257 e. The summed E-state index contributed by atoms with van der Waals surface area (Å²) in [6.45, 7) is 2.81. The number of rotatable bonds is 4. The van der Waals surface area contributed by atoms with Crippen LogP contribution in [0.1, 0.15) is 23.7 Å². The Labute approximate surface area is 90.3 Å². The molecule has 0 radical (unpaired) electrons.